The molecule has 6 N–H and O–H groups in total. The van der Waals surface area contributed by atoms with E-state index in [2.05, 4.69) is 43.5 Å². The third kappa shape index (κ3) is 24.6. The molecule has 0 bridgehead atoms. The van der Waals surface area contributed by atoms with E-state index in [4.69, 9.17) is 9.47 Å². The second-order valence-electron chi connectivity index (χ2n) is 14.8. The lowest BCUT2D eigenvalue weighted by Crippen LogP contribution is -2.60. The Bertz CT molecular complexity index is 853. The minimum atomic E-state index is -1.55. The molecule has 0 aromatic rings. The van der Waals surface area contributed by atoms with E-state index < -0.39 is 49.5 Å². The first-order valence-corrected chi connectivity index (χ1v) is 21.1. The molecule has 9 nitrogen and oxygen atoms in total. The number of unbranched alkanes of at least 4 members (excludes halogenated alkanes) is 21. The quantitative estimate of drug-likeness (QED) is 0.0289. The van der Waals surface area contributed by atoms with Gasteiger partial charge in [-0.25, -0.2) is 0 Å². The number of allylic oxidation sites excluding steroid dienone is 4. The van der Waals surface area contributed by atoms with E-state index in [0.717, 1.165) is 64.2 Å². The van der Waals surface area contributed by atoms with Gasteiger partial charge in [-0.15, -0.1) is 0 Å². The van der Waals surface area contributed by atoms with Gasteiger partial charge >= 0.3 is 0 Å². The standard InChI is InChI=1S/C42H79NO8/c1-3-5-7-9-11-13-15-17-18-20-22-24-26-28-30-32-38(46)43-35(34-50-42-41(49)40(48)39(47)37(33-44)51-42)36(45)31-29-27-25-23-21-19-16-14-12-10-8-6-4-2/h13,15,17-18,35-37,39-42,44-45,47-49H,3-12,14,16,19-34H2,1-2H3,(H,43,46)/b15-13+,18-17-/t35-,36+,37?,39?,40?,41?,42?/m0/s1. The van der Waals surface area contributed by atoms with Crippen molar-refractivity contribution in [1.29, 1.82) is 0 Å². The van der Waals surface area contributed by atoms with Crippen molar-refractivity contribution in [3.63, 3.8) is 0 Å². The van der Waals surface area contributed by atoms with Gasteiger partial charge in [0.1, 0.15) is 24.4 Å². The highest BCUT2D eigenvalue weighted by atomic mass is 16.7. The van der Waals surface area contributed by atoms with Gasteiger partial charge in [-0.1, -0.05) is 160 Å². The summed E-state index contributed by atoms with van der Waals surface area (Å²) >= 11 is 0. The fourth-order valence-electron chi connectivity index (χ4n) is 6.62. The summed E-state index contributed by atoms with van der Waals surface area (Å²) < 4.78 is 11.2. The molecule has 0 saturated carbocycles. The van der Waals surface area contributed by atoms with Crippen LogP contribution >= 0.6 is 0 Å². The predicted molar refractivity (Wildman–Crippen MR) is 207 cm³/mol. The van der Waals surface area contributed by atoms with E-state index >= 15 is 0 Å². The molecule has 300 valence electrons. The van der Waals surface area contributed by atoms with Crippen LogP contribution in [0.4, 0.5) is 0 Å². The largest absolute Gasteiger partial charge is 0.394 e. The van der Waals surface area contributed by atoms with Crippen molar-refractivity contribution in [3.8, 4) is 0 Å². The van der Waals surface area contributed by atoms with Crippen LogP contribution in [0.15, 0.2) is 24.3 Å². The van der Waals surface area contributed by atoms with Crippen molar-refractivity contribution in [2.75, 3.05) is 13.2 Å². The number of ether oxygens (including phenoxy) is 2. The summed E-state index contributed by atoms with van der Waals surface area (Å²) in [6, 6.07) is -0.723. The van der Waals surface area contributed by atoms with Crippen LogP contribution in [0, 0.1) is 0 Å². The molecule has 5 unspecified atom stereocenters. The van der Waals surface area contributed by atoms with E-state index in [1.54, 1.807) is 0 Å². The zero-order valence-corrected chi connectivity index (χ0v) is 32.6. The van der Waals surface area contributed by atoms with E-state index in [1.165, 1.54) is 89.9 Å². The zero-order chi connectivity index (χ0) is 37.4. The van der Waals surface area contributed by atoms with Crippen molar-refractivity contribution in [1.82, 2.24) is 5.32 Å². The van der Waals surface area contributed by atoms with Gasteiger partial charge in [0.05, 0.1) is 25.4 Å². The summed E-state index contributed by atoms with van der Waals surface area (Å²) in [6.07, 6.45) is 30.3. The smallest absolute Gasteiger partial charge is 0.220 e. The van der Waals surface area contributed by atoms with Gasteiger partial charge < -0.3 is 40.3 Å². The second kappa shape index (κ2) is 33.3. The molecule has 0 radical (unpaired) electrons. The SMILES string of the molecule is CCCCCC/C=C/C=C\CCCCCCCC(=O)N[C@@H](COC1OC(CO)C(O)C(O)C1O)[C@H](O)CCCCCCCCCCCCCCC. The Hall–Kier alpha value is -1.33. The molecule has 1 aliphatic heterocycles. The molecule has 0 aromatic carbocycles. The number of hydrogen-bond acceptors (Lipinski definition) is 8. The van der Waals surface area contributed by atoms with Crippen molar-refractivity contribution >= 4 is 5.91 Å². The number of carbonyl (C=O) groups excluding carboxylic acids is 1. The van der Waals surface area contributed by atoms with Crippen LogP contribution in [0.2, 0.25) is 0 Å². The molecule has 1 fully saturated rings. The Morgan fingerprint density at radius 3 is 1.67 bits per heavy atom. The molecule has 1 rings (SSSR count). The molecule has 51 heavy (non-hydrogen) atoms. The Morgan fingerprint density at radius 2 is 1.14 bits per heavy atom. The summed E-state index contributed by atoms with van der Waals surface area (Å²) in [5.41, 5.74) is 0. The molecule has 1 amide bonds. The molecule has 0 aromatic heterocycles. The Morgan fingerprint density at radius 1 is 0.667 bits per heavy atom. The molecule has 7 atom stereocenters. The number of hydrogen-bond donors (Lipinski definition) is 6. The van der Waals surface area contributed by atoms with Gasteiger partial charge in [0.15, 0.2) is 6.29 Å². The van der Waals surface area contributed by atoms with Gasteiger partial charge in [0.2, 0.25) is 5.91 Å². The lowest BCUT2D eigenvalue weighted by molar-refractivity contribution is -0.302. The van der Waals surface area contributed by atoms with Crippen molar-refractivity contribution < 1.29 is 39.8 Å². The van der Waals surface area contributed by atoms with Crippen LogP contribution in [0.3, 0.4) is 0 Å². The first kappa shape index (κ1) is 47.7. The normalized spacial score (nSPS) is 22.2. The van der Waals surface area contributed by atoms with Crippen molar-refractivity contribution in [2.45, 2.75) is 224 Å². The van der Waals surface area contributed by atoms with E-state index in [1.807, 2.05) is 0 Å². The average molecular weight is 726 g/mol. The second-order valence-corrected chi connectivity index (χ2v) is 14.8. The fraction of sp³-hybridized carbons (Fsp3) is 0.881. The van der Waals surface area contributed by atoms with Gasteiger partial charge in [-0.05, 0) is 38.5 Å². The van der Waals surface area contributed by atoms with E-state index in [0.29, 0.717) is 12.8 Å². The van der Waals surface area contributed by atoms with Crippen LogP contribution < -0.4 is 5.32 Å². The number of carbonyl (C=O) groups is 1. The number of nitrogens with one attached hydrogen (secondary N) is 1. The number of amides is 1. The van der Waals surface area contributed by atoms with Crippen molar-refractivity contribution in [2.24, 2.45) is 0 Å². The van der Waals surface area contributed by atoms with Crippen LogP contribution in [0.1, 0.15) is 181 Å². The van der Waals surface area contributed by atoms with Gasteiger partial charge in [-0.2, -0.15) is 0 Å². The average Bonchev–Trinajstić information content (AvgIpc) is 3.13. The molecule has 0 spiro atoms. The molecule has 1 saturated heterocycles. The lowest BCUT2D eigenvalue weighted by atomic mass is 9.99. The summed E-state index contributed by atoms with van der Waals surface area (Å²) in [5, 5.41) is 54.2. The van der Waals surface area contributed by atoms with Crippen LogP contribution in [-0.4, -0.2) is 87.5 Å². The van der Waals surface area contributed by atoms with Gasteiger partial charge in [-0.3, -0.25) is 4.79 Å². The first-order chi connectivity index (χ1) is 24.8. The Balaban J connectivity index is 2.40. The van der Waals surface area contributed by atoms with E-state index in [-0.39, 0.29) is 12.5 Å². The topological polar surface area (TPSA) is 149 Å². The maximum Gasteiger partial charge on any atom is 0.220 e. The highest BCUT2D eigenvalue weighted by Gasteiger charge is 2.44. The third-order valence-electron chi connectivity index (χ3n) is 10.1. The molecular formula is C42H79NO8. The molecular weight excluding hydrogens is 646 g/mol. The molecule has 0 aliphatic carbocycles. The fourth-order valence-corrected chi connectivity index (χ4v) is 6.62. The summed E-state index contributed by atoms with van der Waals surface area (Å²) in [4.78, 5) is 12.9. The maximum atomic E-state index is 12.9. The Labute approximate surface area is 311 Å². The zero-order valence-electron chi connectivity index (χ0n) is 32.6. The maximum absolute atomic E-state index is 12.9. The summed E-state index contributed by atoms with van der Waals surface area (Å²) in [6.45, 7) is 3.78. The summed E-state index contributed by atoms with van der Waals surface area (Å²) in [7, 11) is 0. The highest BCUT2D eigenvalue weighted by Crippen LogP contribution is 2.23. The molecule has 9 heteroatoms. The number of aliphatic hydroxyl groups is 5. The Kier molecular flexibility index (Phi) is 31.1. The summed E-state index contributed by atoms with van der Waals surface area (Å²) in [5.74, 6) is -0.161. The van der Waals surface area contributed by atoms with E-state index in [9.17, 15) is 30.3 Å². The third-order valence-corrected chi connectivity index (χ3v) is 10.1. The molecule has 1 heterocycles. The van der Waals surface area contributed by atoms with Gasteiger partial charge in [0.25, 0.3) is 0 Å². The van der Waals surface area contributed by atoms with Crippen LogP contribution in [0.5, 0.6) is 0 Å². The van der Waals surface area contributed by atoms with Crippen LogP contribution in [0.25, 0.3) is 0 Å². The minimum absolute atomic E-state index is 0.143. The highest BCUT2D eigenvalue weighted by molar-refractivity contribution is 5.76. The first-order valence-electron chi connectivity index (χ1n) is 21.1. The van der Waals surface area contributed by atoms with Crippen molar-refractivity contribution in [3.05, 3.63) is 24.3 Å². The predicted octanol–water partition coefficient (Wildman–Crippen LogP) is 7.94. The molecule has 1 aliphatic rings. The van der Waals surface area contributed by atoms with Gasteiger partial charge in [0, 0.05) is 6.42 Å². The number of rotatable bonds is 34. The number of aliphatic hydroxyl groups excluding tert-OH is 5. The monoisotopic (exact) mass is 726 g/mol. The minimum Gasteiger partial charge on any atom is -0.394 e. The van der Waals surface area contributed by atoms with Crippen LogP contribution in [-0.2, 0) is 14.3 Å². The lowest BCUT2D eigenvalue weighted by Gasteiger charge is -2.40.